The van der Waals surface area contributed by atoms with E-state index in [1.807, 2.05) is 6.92 Å². The first kappa shape index (κ1) is 15.4. The summed E-state index contributed by atoms with van der Waals surface area (Å²) >= 11 is 0. The summed E-state index contributed by atoms with van der Waals surface area (Å²) in [4.78, 5) is 10.6. The van der Waals surface area contributed by atoms with Gasteiger partial charge in [-0.05, 0) is 37.5 Å². The maximum atomic E-state index is 13.7. The highest BCUT2D eigenvalue weighted by Gasteiger charge is 2.19. The SMILES string of the molecule is CCC(N)Cc1cc(F)c(OC(C)C(=O)O)c(F)c1. The van der Waals surface area contributed by atoms with Gasteiger partial charge in [0.25, 0.3) is 0 Å². The van der Waals surface area contributed by atoms with E-state index in [1.165, 1.54) is 6.92 Å². The average Bonchev–Trinajstić information content (AvgIpc) is 2.33. The molecule has 0 radical (unpaired) electrons. The number of carbonyl (C=O) groups is 1. The summed E-state index contributed by atoms with van der Waals surface area (Å²) in [5, 5.41) is 8.64. The second kappa shape index (κ2) is 6.47. The van der Waals surface area contributed by atoms with E-state index in [2.05, 4.69) is 0 Å². The lowest BCUT2D eigenvalue weighted by Crippen LogP contribution is -2.24. The molecule has 0 spiro atoms. The van der Waals surface area contributed by atoms with Crippen LogP contribution in [-0.4, -0.2) is 23.2 Å². The van der Waals surface area contributed by atoms with Gasteiger partial charge in [-0.1, -0.05) is 6.92 Å². The molecule has 19 heavy (non-hydrogen) atoms. The van der Waals surface area contributed by atoms with Gasteiger partial charge in [0, 0.05) is 6.04 Å². The van der Waals surface area contributed by atoms with Crippen LogP contribution in [0.1, 0.15) is 25.8 Å². The van der Waals surface area contributed by atoms with Gasteiger partial charge in [-0.2, -0.15) is 0 Å². The highest BCUT2D eigenvalue weighted by molar-refractivity contribution is 5.72. The number of hydrogen-bond donors (Lipinski definition) is 2. The zero-order valence-electron chi connectivity index (χ0n) is 10.8. The third-order valence-corrected chi connectivity index (χ3v) is 2.72. The van der Waals surface area contributed by atoms with Gasteiger partial charge in [-0.25, -0.2) is 13.6 Å². The molecule has 0 heterocycles. The molecule has 0 saturated carbocycles. The number of rotatable bonds is 6. The predicted octanol–water partition coefficient (Wildman–Crippen LogP) is 2.10. The second-order valence-corrected chi connectivity index (χ2v) is 4.36. The second-order valence-electron chi connectivity index (χ2n) is 4.36. The maximum Gasteiger partial charge on any atom is 0.344 e. The number of nitrogens with two attached hydrogens (primary N) is 1. The highest BCUT2D eigenvalue weighted by atomic mass is 19.1. The maximum absolute atomic E-state index is 13.7. The first-order chi connectivity index (χ1) is 8.85. The van der Waals surface area contributed by atoms with Gasteiger partial charge in [-0.3, -0.25) is 0 Å². The quantitative estimate of drug-likeness (QED) is 0.832. The Kier molecular flexibility index (Phi) is 5.23. The monoisotopic (exact) mass is 273 g/mol. The van der Waals surface area contributed by atoms with Gasteiger partial charge in [0.05, 0.1) is 0 Å². The van der Waals surface area contributed by atoms with Crippen LogP contribution >= 0.6 is 0 Å². The van der Waals surface area contributed by atoms with Crippen molar-refractivity contribution in [2.45, 2.75) is 38.8 Å². The predicted molar refractivity (Wildman–Crippen MR) is 66.1 cm³/mol. The Balaban J connectivity index is 2.94. The molecule has 0 aliphatic carbocycles. The van der Waals surface area contributed by atoms with E-state index in [-0.39, 0.29) is 6.04 Å². The molecule has 106 valence electrons. The summed E-state index contributed by atoms with van der Waals surface area (Å²) in [5.41, 5.74) is 6.13. The molecule has 0 aromatic heterocycles. The number of benzene rings is 1. The van der Waals surface area contributed by atoms with Crippen LogP contribution < -0.4 is 10.5 Å². The molecule has 1 rings (SSSR count). The zero-order valence-corrected chi connectivity index (χ0v) is 10.8. The summed E-state index contributed by atoms with van der Waals surface area (Å²) in [6.45, 7) is 3.07. The summed E-state index contributed by atoms with van der Waals surface area (Å²) < 4.78 is 32.1. The number of aliphatic carboxylic acids is 1. The fourth-order valence-corrected chi connectivity index (χ4v) is 1.52. The molecular formula is C13H17F2NO3. The normalized spacial score (nSPS) is 13.9. The molecule has 0 amide bonds. The lowest BCUT2D eigenvalue weighted by Gasteiger charge is -2.14. The standard InChI is InChI=1S/C13H17F2NO3/c1-3-9(16)4-8-5-10(14)12(11(15)6-8)19-7(2)13(17)18/h5-7,9H,3-4,16H2,1-2H3,(H,17,18). The number of carboxylic acid groups (broad SMARTS) is 1. The molecule has 4 nitrogen and oxygen atoms in total. The van der Waals surface area contributed by atoms with Crippen LogP contribution in [0.15, 0.2) is 12.1 Å². The number of hydrogen-bond acceptors (Lipinski definition) is 3. The molecule has 2 unspecified atom stereocenters. The Morgan fingerprint density at radius 2 is 1.95 bits per heavy atom. The lowest BCUT2D eigenvalue weighted by atomic mass is 10.0. The zero-order chi connectivity index (χ0) is 14.6. The molecule has 0 bridgehead atoms. The van der Waals surface area contributed by atoms with E-state index >= 15 is 0 Å². The fourth-order valence-electron chi connectivity index (χ4n) is 1.52. The Morgan fingerprint density at radius 3 is 2.37 bits per heavy atom. The Labute approximate surface area is 110 Å². The minimum absolute atomic E-state index is 0.177. The summed E-state index contributed by atoms with van der Waals surface area (Å²) in [5.74, 6) is -3.82. The molecule has 1 aromatic rings. The first-order valence-electron chi connectivity index (χ1n) is 5.98. The van der Waals surface area contributed by atoms with Gasteiger partial charge in [0.1, 0.15) is 0 Å². The van der Waals surface area contributed by atoms with E-state index in [4.69, 9.17) is 15.6 Å². The molecule has 0 saturated heterocycles. The van der Waals surface area contributed by atoms with Crippen molar-refractivity contribution >= 4 is 5.97 Å². The molecule has 6 heteroatoms. The van der Waals surface area contributed by atoms with Gasteiger partial charge in [0.15, 0.2) is 23.5 Å². The molecule has 2 atom stereocenters. The van der Waals surface area contributed by atoms with Gasteiger partial charge in [-0.15, -0.1) is 0 Å². The van der Waals surface area contributed by atoms with E-state index in [9.17, 15) is 13.6 Å². The third kappa shape index (κ3) is 4.17. The van der Waals surface area contributed by atoms with Gasteiger partial charge >= 0.3 is 5.97 Å². The van der Waals surface area contributed by atoms with Crippen LogP contribution in [0.2, 0.25) is 0 Å². The number of carboxylic acids is 1. The molecule has 1 aromatic carbocycles. The molecule has 3 N–H and O–H groups in total. The van der Waals surface area contributed by atoms with Crippen molar-refractivity contribution in [3.8, 4) is 5.75 Å². The minimum atomic E-state index is -1.33. The summed E-state index contributed by atoms with van der Waals surface area (Å²) in [6, 6.07) is 2.05. The van der Waals surface area contributed by atoms with Crippen molar-refractivity contribution in [2.75, 3.05) is 0 Å². The van der Waals surface area contributed by atoms with E-state index in [1.54, 1.807) is 0 Å². The van der Waals surface area contributed by atoms with Crippen molar-refractivity contribution in [1.29, 1.82) is 0 Å². The minimum Gasteiger partial charge on any atom is -0.479 e. The smallest absolute Gasteiger partial charge is 0.344 e. The fraction of sp³-hybridized carbons (Fsp3) is 0.462. The Hall–Kier alpha value is -1.69. The van der Waals surface area contributed by atoms with Crippen LogP contribution in [0.3, 0.4) is 0 Å². The van der Waals surface area contributed by atoms with Crippen molar-refractivity contribution in [1.82, 2.24) is 0 Å². The Morgan fingerprint density at radius 1 is 1.42 bits per heavy atom. The lowest BCUT2D eigenvalue weighted by molar-refractivity contribution is -0.144. The molecular weight excluding hydrogens is 256 g/mol. The Bertz CT molecular complexity index is 442. The largest absolute Gasteiger partial charge is 0.479 e. The summed E-state index contributed by atoms with van der Waals surface area (Å²) in [6.07, 6.45) is -0.288. The number of halogens is 2. The first-order valence-corrected chi connectivity index (χ1v) is 5.98. The van der Waals surface area contributed by atoms with E-state index < -0.39 is 29.5 Å². The van der Waals surface area contributed by atoms with Crippen molar-refractivity contribution in [3.63, 3.8) is 0 Å². The van der Waals surface area contributed by atoms with Crippen LogP contribution in [0.5, 0.6) is 5.75 Å². The van der Waals surface area contributed by atoms with Crippen LogP contribution in [0.4, 0.5) is 8.78 Å². The van der Waals surface area contributed by atoms with Crippen LogP contribution in [-0.2, 0) is 11.2 Å². The van der Waals surface area contributed by atoms with Crippen LogP contribution in [0, 0.1) is 11.6 Å². The number of ether oxygens (including phenoxy) is 1. The van der Waals surface area contributed by atoms with Crippen molar-refractivity contribution in [3.05, 3.63) is 29.3 Å². The van der Waals surface area contributed by atoms with E-state index in [0.717, 1.165) is 12.1 Å². The van der Waals surface area contributed by atoms with E-state index in [0.29, 0.717) is 18.4 Å². The molecule has 0 aliphatic heterocycles. The van der Waals surface area contributed by atoms with Gasteiger partial charge < -0.3 is 15.6 Å². The third-order valence-electron chi connectivity index (χ3n) is 2.72. The van der Waals surface area contributed by atoms with Gasteiger partial charge in [0.2, 0.25) is 0 Å². The topological polar surface area (TPSA) is 72.5 Å². The van der Waals surface area contributed by atoms with Crippen LogP contribution in [0.25, 0.3) is 0 Å². The molecule has 0 aliphatic rings. The average molecular weight is 273 g/mol. The van der Waals surface area contributed by atoms with Crippen molar-refractivity contribution < 1.29 is 23.4 Å². The van der Waals surface area contributed by atoms with Crippen molar-refractivity contribution in [2.24, 2.45) is 5.73 Å². The molecule has 0 fully saturated rings. The highest BCUT2D eigenvalue weighted by Crippen LogP contribution is 2.25. The summed E-state index contributed by atoms with van der Waals surface area (Å²) in [7, 11) is 0.